The van der Waals surface area contributed by atoms with Gasteiger partial charge in [0.1, 0.15) is 5.56 Å². The number of carbonyl (C=O) groups is 1. The van der Waals surface area contributed by atoms with Gasteiger partial charge in [0.2, 0.25) is 5.88 Å². The summed E-state index contributed by atoms with van der Waals surface area (Å²) in [6.07, 6.45) is 0.940. The highest BCUT2D eigenvalue weighted by molar-refractivity contribution is 5.98. The first-order chi connectivity index (χ1) is 11.2. The van der Waals surface area contributed by atoms with Gasteiger partial charge in [-0.25, -0.2) is 14.6 Å². The van der Waals surface area contributed by atoms with Crippen LogP contribution in [-0.4, -0.2) is 26.5 Å². The van der Waals surface area contributed by atoms with Gasteiger partial charge in [-0.05, 0) is 25.5 Å². The van der Waals surface area contributed by atoms with Crippen LogP contribution in [0.4, 0.5) is 10.5 Å². The Balaban J connectivity index is 2.30. The van der Waals surface area contributed by atoms with E-state index in [0.717, 1.165) is 26.5 Å². The third-order valence-corrected chi connectivity index (χ3v) is 3.60. The lowest BCUT2D eigenvalue weighted by Crippen LogP contribution is -2.38. The number of hydrogen-bond donors (Lipinski definition) is 2. The number of aryl methyl sites for hydroxylation is 2. The Labute approximate surface area is 137 Å². The number of benzene rings is 1. The lowest BCUT2D eigenvalue weighted by atomic mass is 10.1. The van der Waals surface area contributed by atoms with Gasteiger partial charge < -0.3 is 10.4 Å². The molecule has 8 heteroatoms. The average Bonchev–Trinajstić information content (AvgIpc) is 2.53. The summed E-state index contributed by atoms with van der Waals surface area (Å²) in [5.41, 5.74) is 0.885. The highest BCUT2D eigenvalue weighted by Gasteiger charge is 2.13. The molecule has 0 aliphatic carbocycles. The van der Waals surface area contributed by atoms with E-state index in [4.69, 9.17) is 0 Å². The first kappa shape index (κ1) is 17.2. The lowest BCUT2D eigenvalue weighted by Gasteiger charge is -2.08. The molecular formula is C16H18N4O4. The monoisotopic (exact) mass is 330 g/mol. The molecule has 0 atom stereocenters. The molecule has 0 spiro atoms. The molecule has 2 aromatic rings. The molecule has 0 aliphatic heterocycles. The Morgan fingerprint density at radius 3 is 2.50 bits per heavy atom. The highest BCUT2D eigenvalue weighted by atomic mass is 16.3. The van der Waals surface area contributed by atoms with Crippen molar-refractivity contribution in [1.29, 1.82) is 0 Å². The summed E-state index contributed by atoms with van der Waals surface area (Å²) in [6.45, 7) is 3.79. The summed E-state index contributed by atoms with van der Waals surface area (Å²) in [6, 6.07) is 4.81. The molecule has 2 rings (SSSR count). The topological polar surface area (TPSA) is 106 Å². The molecule has 1 aromatic heterocycles. The maximum atomic E-state index is 12.0. The quantitative estimate of drug-likeness (QED) is 0.803. The van der Waals surface area contributed by atoms with Gasteiger partial charge in [0, 0.05) is 19.8 Å². The molecule has 0 aliphatic rings. The van der Waals surface area contributed by atoms with E-state index in [9.17, 15) is 19.5 Å². The second kappa shape index (κ2) is 6.53. The zero-order valence-electron chi connectivity index (χ0n) is 13.8. The fourth-order valence-electron chi connectivity index (χ4n) is 2.20. The molecule has 0 bridgehead atoms. The van der Waals surface area contributed by atoms with Crippen molar-refractivity contribution in [2.45, 2.75) is 13.8 Å². The highest BCUT2D eigenvalue weighted by Crippen LogP contribution is 2.16. The van der Waals surface area contributed by atoms with E-state index in [1.54, 1.807) is 6.07 Å². The molecule has 8 nitrogen and oxygen atoms in total. The van der Waals surface area contributed by atoms with Crippen LogP contribution in [0.15, 0.2) is 32.8 Å². The third-order valence-electron chi connectivity index (χ3n) is 3.60. The third kappa shape index (κ3) is 3.27. The standard InChI is InChI=1S/C16H18N4O4/c1-9-5-6-12(10(2)7-9)18-15(23)17-8-11-13(21)19(3)16(24)20(4)14(11)22/h5-8,21H,1-4H3,(H,18,23). The van der Waals surface area contributed by atoms with Crippen molar-refractivity contribution in [3.05, 3.63) is 55.7 Å². The molecule has 2 N–H and O–H groups in total. The Kier molecular flexibility index (Phi) is 4.68. The van der Waals surface area contributed by atoms with Gasteiger partial charge in [0.05, 0.1) is 6.21 Å². The summed E-state index contributed by atoms with van der Waals surface area (Å²) in [4.78, 5) is 39.2. The molecule has 0 unspecified atom stereocenters. The average molecular weight is 330 g/mol. The molecule has 0 radical (unpaired) electrons. The predicted octanol–water partition coefficient (Wildman–Crippen LogP) is 1.06. The van der Waals surface area contributed by atoms with Gasteiger partial charge in [-0.15, -0.1) is 0 Å². The molecule has 24 heavy (non-hydrogen) atoms. The number of nitrogens with one attached hydrogen (secondary N) is 1. The van der Waals surface area contributed by atoms with E-state index in [0.29, 0.717) is 5.69 Å². The molecule has 0 fully saturated rings. The van der Waals surface area contributed by atoms with E-state index < -0.39 is 23.2 Å². The maximum absolute atomic E-state index is 12.0. The normalized spacial score (nSPS) is 11.0. The molecular weight excluding hydrogens is 312 g/mol. The first-order valence-corrected chi connectivity index (χ1v) is 7.13. The summed E-state index contributed by atoms with van der Waals surface area (Å²) in [5, 5.41) is 12.5. The number of rotatable bonds is 2. The summed E-state index contributed by atoms with van der Waals surface area (Å²) < 4.78 is 1.72. The summed E-state index contributed by atoms with van der Waals surface area (Å²) >= 11 is 0. The Morgan fingerprint density at radius 1 is 1.21 bits per heavy atom. The van der Waals surface area contributed by atoms with Crippen LogP contribution in [0.2, 0.25) is 0 Å². The van der Waals surface area contributed by atoms with E-state index in [1.165, 1.54) is 14.1 Å². The van der Waals surface area contributed by atoms with Gasteiger partial charge in [-0.1, -0.05) is 17.7 Å². The second-order valence-corrected chi connectivity index (χ2v) is 5.45. The summed E-state index contributed by atoms with van der Waals surface area (Å²) in [5.74, 6) is -0.550. The van der Waals surface area contributed by atoms with E-state index >= 15 is 0 Å². The van der Waals surface area contributed by atoms with Crippen molar-refractivity contribution >= 4 is 17.9 Å². The molecule has 0 saturated carbocycles. The zero-order chi connectivity index (χ0) is 18.0. The van der Waals surface area contributed by atoms with Crippen molar-refractivity contribution in [1.82, 2.24) is 9.13 Å². The van der Waals surface area contributed by atoms with Crippen LogP contribution in [0.3, 0.4) is 0 Å². The fourth-order valence-corrected chi connectivity index (χ4v) is 2.20. The second-order valence-electron chi connectivity index (χ2n) is 5.45. The van der Waals surface area contributed by atoms with Crippen LogP contribution in [0, 0.1) is 13.8 Å². The van der Waals surface area contributed by atoms with Crippen molar-refractivity contribution in [2.75, 3.05) is 5.32 Å². The van der Waals surface area contributed by atoms with Crippen LogP contribution >= 0.6 is 0 Å². The summed E-state index contributed by atoms with van der Waals surface area (Å²) in [7, 11) is 2.58. The number of nitrogens with zero attached hydrogens (tertiary/aromatic N) is 3. The lowest BCUT2D eigenvalue weighted by molar-refractivity contribution is 0.259. The number of amides is 2. The van der Waals surface area contributed by atoms with Crippen molar-refractivity contribution in [2.24, 2.45) is 19.1 Å². The van der Waals surface area contributed by atoms with Crippen molar-refractivity contribution < 1.29 is 9.90 Å². The van der Waals surface area contributed by atoms with Gasteiger partial charge in [-0.3, -0.25) is 13.9 Å². The van der Waals surface area contributed by atoms with Crippen LogP contribution in [0.1, 0.15) is 16.7 Å². The van der Waals surface area contributed by atoms with Gasteiger partial charge >= 0.3 is 11.7 Å². The Bertz CT molecular complexity index is 954. The Morgan fingerprint density at radius 2 is 1.88 bits per heavy atom. The molecule has 1 aromatic carbocycles. The zero-order valence-corrected chi connectivity index (χ0v) is 13.8. The minimum atomic E-state index is -0.737. The smallest absolute Gasteiger partial charge is 0.345 e. The molecule has 0 saturated heterocycles. The molecule has 1 heterocycles. The van der Waals surface area contributed by atoms with Crippen LogP contribution in [-0.2, 0) is 14.1 Å². The van der Waals surface area contributed by atoms with Crippen molar-refractivity contribution in [3.8, 4) is 5.88 Å². The van der Waals surface area contributed by atoms with Crippen LogP contribution in [0.25, 0.3) is 0 Å². The van der Waals surface area contributed by atoms with Gasteiger partial charge in [0.15, 0.2) is 0 Å². The number of urea groups is 1. The SMILES string of the molecule is Cc1ccc(NC(=O)N=Cc2c(O)n(C)c(=O)n(C)c2=O)c(C)c1. The number of anilines is 1. The van der Waals surface area contributed by atoms with E-state index in [-0.39, 0.29) is 5.56 Å². The minimum Gasteiger partial charge on any atom is -0.494 e. The fraction of sp³-hybridized carbons (Fsp3) is 0.250. The number of aromatic nitrogens is 2. The molecule has 2 amide bonds. The van der Waals surface area contributed by atoms with Crippen molar-refractivity contribution in [3.63, 3.8) is 0 Å². The molecule has 126 valence electrons. The number of hydrogen-bond acceptors (Lipinski definition) is 4. The number of aliphatic imine (C=N–C) groups is 1. The largest absolute Gasteiger partial charge is 0.494 e. The van der Waals surface area contributed by atoms with E-state index in [1.807, 2.05) is 26.0 Å². The minimum absolute atomic E-state index is 0.240. The van der Waals surface area contributed by atoms with Gasteiger partial charge in [0.25, 0.3) is 5.56 Å². The first-order valence-electron chi connectivity index (χ1n) is 7.13. The predicted molar refractivity (Wildman–Crippen MR) is 91.1 cm³/mol. The number of carbonyl (C=O) groups excluding carboxylic acids is 1. The van der Waals surface area contributed by atoms with E-state index in [2.05, 4.69) is 10.3 Å². The van der Waals surface area contributed by atoms with Crippen LogP contribution < -0.4 is 16.6 Å². The Hall–Kier alpha value is -3.16. The maximum Gasteiger partial charge on any atom is 0.345 e. The van der Waals surface area contributed by atoms with Gasteiger partial charge in [-0.2, -0.15) is 0 Å². The van der Waals surface area contributed by atoms with Crippen LogP contribution in [0.5, 0.6) is 5.88 Å². The number of aromatic hydroxyl groups is 1.